The van der Waals surface area contributed by atoms with Gasteiger partial charge < -0.3 is 5.32 Å². The maximum atomic E-state index is 13.9. The van der Waals surface area contributed by atoms with Crippen LogP contribution < -0.4 is 5.32 Å². The van der Waals surface area contributed by atoms with E-state index >= 15 is 0 Å². The molecule has 20 heavy (non-hydrogen) atoms. The first kappa shape index (κ1) is 15.3. The molecular formula is C16H16Cl2FN. The van der Waals surface area contributed by atoms with Crippen LogP contribution >= 0.6 is 23.2 Å². The zero-order valence-electron chi connectivity index (χ0n) is 11.2. The third-order valence-corrected chi connectivity index (χ3v) is 3.72. The monoisotopic (exact) mass is 311 g/mol. The van der Waals surface area contributed by atoms with E-state index < -0.39 is 0 Å². The third kappa shape index (κ3) is 3.95. The standard InChI is InChI=1S/C16H16Cl2FN/c1-20-10-13(11-3-2-4-14(17)8-11)7-12-5-6-15(18)9-16(12)19/h2-6,8-9,13,20H,7,10H2,1H3. The molecule has 106 valence electrons. The molecule has 0 spiro atoms. The van der Waals surface area contributed by atoms with Gasteiger partial charge >= 0.3 is 0 Å². The summed E-state index contributed by atoms with van der Waals surface area (Å²) in [5.41, 5.74) is 1.76. The van der Waals surface area contributed by atoms with Crippen LogP contribution in [0.25, 0.3) is 0 Å². The molecule has 1 nitrogen and oxygen atoms in total. The SMILES string of the molecule is CNCC(Cc1ccc(Cl)cc1F)c1cccc(Cl)c1. The summed E-state index contributed by atoms with van der Waals surface area (Å²) in [5, 5.41) is 4.26. The number of hydrogen-bond donors (Lipinski definition) is 1. The normalized spacial score (nSPS) is 12.4. The third-order valence-electron chi connectivity index (χ3n) is 3.25. The van der Waals surface area contributed by atoms with Gasteiger partial charge in [-0.2, -0.15) is 0 Å². The molecule has 0 radical (unpaired) electrons. The molecular weight excluding hydrogens is 296 g/mol. The Labute approximate surface area is 128 Å². The number of halogens is 3. The zero-order valence-corrected chi connectivity index (χ0v) is 12.7. The van der Waals surface area contributed by atoms with Gasteiger partial charge in [0.15, 0.2) is 0 Å². The molecule has 0 saturated heterocycles. The Morgan fingerprint density at radius 1 is 1.10 bits per heavy atom. The summed E-state index contributed by atoms with van der Waals surface area (Å²) in [6.45, 7) is 0.752. The lowest BCUT2D eigenvalue weighted by atomic mass is 9.91. The molecule has 0 saturated carbocycles. The van der Waals surface area contributed by atoms with Gasteiger partial charge in [0.2, 0.25) is 0 Å². The summed E-state index contributed by atoms with van der Waals surface area (Å²) in [5.74, 6) is -0.102. The van der Waals surface area contributed by atoms with Gasteiger partial charge in [-0.25, -0.2) is 4.39 Å². The lowest BCUT2D eigenvalue weighted by molar-refractivity contribution is 0.574. The van der Waals surface area contributed by atoms with E-state index in [1.54, 1.807) is 12.1 Å². The van der Waals surface area contributed by atoms with Crippen LogP contribution in [-0.2, 0) is 6.42 Å². The Morgan fingerprint density at radius 2 is 1.85 bits per heavy atom. The van der Waals surface area contributed by atoms with Gasteiger partial charge in [-0.3, -0.25) is 0 Å². The minimum atomic E-state index is -0.263. The van der Waals surface area contributed by atoms with Crippen molar-refractivity contribution in [2.45, 2.75) is 12.3 Å². The van der Waals surface area contributed by atoms with Gasteiger partial charge in [-0.15, -0.1) is 0 Å². The van der Waals surface area contributed by atoms with Crippen LogP contribution in [0.3, 0.4) is 0 Å². The van der Waals surface area contributed by atoms with Crippen LogP contribution in [0.15, 0.2) is 42.5 Å². The molecule has 0 aliphatic carbocycles. The first-order chi connectivity index (χ1) is 9.60. The lowest BCUT2D eigenvalue weighted by Gasteiger charge is -2.18. The van der Waals surface area contributed by atoms with E-state index in [9.17, 15) is 4.39 Å². The van der Waals surface area contributed by atoms with Crippen molar-refractivity contribution in [3.8, 4) is 0 Å². The Balaban J connectivity index is 2.25. The fourth-order valence-corrected chi connectivity index (χ4v) is 2.62. The quantitative estimate of drug-likeness (QED) is 0.845. The maximum Gasteiger partial charge on any atom is 0.127 e. The number of likely N-dealkylation sites (N-methyl/N-ethyl adjacent to an activating group) is 1. The van der Waals surface area contributed by atoms with Gasteiger partial charge in [0.1, 0.15) is 5.82 Å². The second kappa shape index (κ2) is 7.07. The van der Waals surface area contributed by atoms with E-state index in [-0.39, 0.29) is 11.7 Å². The molecule has 0 amide bonds. The van der Waals surface area contributed by atoms with Crippen molar-refractivity contribution in [3.05, 3.63) is 69.5 Å². The van der Waals surface area contributed by atoms with Crippen molar-refractivity contribution < 1.29 is 4.39 Å². The van der Waals surface area contributed by atoms with Gasteiger partial charge in [0.25, 0.3) is 0 Å². The second-order valence-electron chi connectivity index (χ2n) is 4.75. The summed E-state index contributed by atoms with van der Waals surface area (Å²) < 4.78 is 13.9. The van der Waals surface area contributed by atoms with Crippen molar-refractivity contribution >= 4 is 23.2 Å². The molecule has 1 N–H and O–H groups in total. The van der Waals surface area contributed by atoms with Crippen LogP contribution in [0.1, 0.15) is 17.0 Å². The predicted octanol–water partition coefficient (Wildman–Crippen LogP) is 4.68. The first-order valence-corrected chi connectivity index (χ1v) is 7.19. The molecule has 4 heteroatoms. The van der Waals surface area contributed by atoms with Crippen LogP contribution in [0.5, 0.6) is 0 Å². The summed E-state index contributed by atoms with van der Waals surface area (Å²) in [6, 6.07) is 12.5. The highest BCUT2D eigenvalue weighted by Gasteiger charge is 2.14. The molecule has 2 rings (SSSR count). The molecule has 0 fully saturated rings. The van der Waals surface area contributed by atoms with Crippen molar-refractivity contribution in [1.29, 1.82) is 0 Å². The van der Waals surface area contributed by atoms with Crippen molar-refractivity contribution in [1.82, 2.24) is 5.32 Å². The minimum absolute atomic E-state index is 0.161. The van der Waals surface area contributed by atoms with E-state index in [0.29, 0.717) is 22.0 Å². The molecule has 0 aromatic heterocycles. The Hall–Kier alpha value is -1.09. The highest BCUT2D eigenvalue weighted by molar-refractivity contribution is 6.30. The van der Waals surface area contributed by atoms with E-state index in [0.717, 1.165) is 12.1 Å². The summed E-state index contributed by atoms with van der Waals surface area (Å²) in [7, 11) is 1.88. The molecule has 1 unspecified atom stereocenters. The molecule has 0 aliphatic heterocycles. The van der Waals surface area contributed by atoms with E-state index in [1.807, 2.05) is 31.3 Å². The second-order valence-corrected chi connectivity index (χ2v) is 5.62. The van der Waals surface area contributed by atoms with Crippen molar-refractivity contribution in [3.63, 3.8) is 0 Å². The lowest BCUT2D eigenvalue weighted by Crippen LogP contribution is -2.19. The highest BCUT2D eigenvalue weighted by atomic mass is 35.5. The average molecular weight is 312 g/mol. The smallest absolute Gasteiger partial charge is 0.127 e. The summed E-state index contributed by atoms with van der Waals surface area (Å²) >= 11 is 11.8. The van der Waals surface area contributed by atoms with Gasteiger partial charge in [-0.05, 0) is 48.9 Å². The first-order valence-electron chi connectivity index (χ1n) is 6.44. The molecule has 0 heterocycles. The van der Waals surface area contributed by atoms with Crippen molar-refractivity contribution in [2.24, 2.45) is 0 Å². The molecule has 1 atom stereocenters. The predicted molar refractivity (Wildman–Crippen MR) is 83.2 cm³/mol. The fraction of sp³-hybridized carbons (Fsp3) is 0.250. The van der Waals surface area contributed by atoms with Gasteiger partial charge in [0.05, 0.1) is 0 Å². The molecule has 2 aromatic carbocycles. The number of nitrogens with one attached hydrogen (secondary N) is 1. The maximum absolute atomic E-state index is 13.9. The Bertz CT molecular complexity index is 586. The minimum Gasteiger partial charge on any atom is -0.319 e. The van der Waals surface area contributed by atoms with E-state index in [2.05, 4.69) is 5.32 Å². The van der Waals surface area contributed by atoms with Crippen LogP contribution in [0, 0.1) is 5.82 Å². The molecule has 0 bridgehead atoms. The van der Waals surface area contributed by atoms with Crippen molar-refractivity contribution in [2.75, 3.05) is 13.6 Å². The topological polar surface area (TPSA) is 12.0 Å². The fourth-order valence-electron chi connectivity index (χ4n) is 2.27. The van der Waals surface area contributed by atoms with Crippen LogP contribution in [0.4, 0.5) is 4.39 Å². The largest absolute Gasteiger partial charge is 0.319 e. The van der Waals surface area contributed by atoms with Gasteiger partial charge in [-0.1, -0.05) is 41.4 Å². The molecule has 2 aromatic rings. The number of hydrogen-bond acceptors (Lipinski definition) is 1. The van der Waals surface area contributed by atoms with Gasteiger partial charge in [0, 0.05) is 22.5 Å². The Morgan fingerprint density at radius 3 is 2.50 bits per heavy atom. The van der Waals surface area contributed by atoms with E-state index in [4.69, 9.17) is 23.2 Å². The average Bonchev–Trinajstić information content (AvgIpc) is 2.41. The summed E-state index contributed by atoms with van der Waals surface area (Å²) in [6.07, 6.45) is 0.601. The number of benzene rings is 2. The Kier molecular flexibility index (Phi) is 5.41. The molecule has 0 aliphatic rings. The number of rotatable bonds is 5. The van der Waals surface area contributed by atoms with E-state index in [1.165, 1.54) is 6.07 Å². The zero-order chi connectivity index (χ0) is 14.5. The van der Waals surface area contributed by atoms with Crippen LogP contribution in [0.2, 0.25) is 10.0 Å². The van der Waals surface area contributed by atoms with Crippen LogP contribution in [-0.4, -0.2) is 13.6 Å². The highest BCUT2D eigenvalue weighted by Crippen LogP contribution is 2.25. The summed E-state index contributed by atoms with van der Waals surface area (Å²) in [4.78, 5) is 0.